The van der Waals surface area contributed by atoms with Gasteiger partial charge in [-0.25, -0.2) is 9.83 Å². The molecule has 0 spiro atoms. The van der Waals surface area contributed by atoms with Crippen LogP contribution in [0.3, 0.4) is 0 Å². The van der Waals surface area contributed by atoms with Crippen LogP contribution in [0.4, 0.5) is 5.69 Å². The minimum absolute atomic E-state index is 0.0480. The molecule has 7 nitrogen and oxygen atoms in total. The molecule has 0 radical (unpaired) electrons. The lowest BCUT2D eigenvalue weighted by molar-refractivity contribution is 0.0930. The Kier molecular flexibility index (Phi) is 8.04. The maximum atomic E-state index is 12.9. The Hall–Kier alpha value is -3.67. The molecular formula is C28H27BrN4O3. The number of aliphatic hydroxyl groups is 1. The van der Waals surface area contributed by atoms with Crippen molar-refractivity contribution in [1.82, 2.24) is 14.7 Å². The molecule has 1 amide bonds. The van der Waals surface area contributed by atoms with Crippen LogP contribution in [0, 0.1) is 6.57 Å². The van der Waals surface area contributed by atoms with E-state index in [2.05, 4.69) is 26.1 Å². The van der Waals surface area contributed by atoms with Gasteiger partial charge in [0.05, 0.1) is 22.8 Å². The average Bonchev–Trinajstić information content (AvgIpc) is 3.30. The highest BCUT2D eigenvalue weighted by atomic mass is 79.9. The fourth-order valence-electron chi connectivity index (χ4n) is 3.96. The molecule has 184 valence electrons. The molecule has 2 heterocycles. The number of amides is 1. The van der Waals surface area contributed by atoms with Gasteiger partial charge in [-0.05, 0) is 78.5 Å². The second kappa shape index (κ2) is 11.4. The Morgan fingerprint density at radius 3 is 2.67 bits per heavy atom. The number of halogens is 1. The molecule has 0 aliphatic rings. The lowest BCUT2D eigenvalue weighted by Gasteiger charge is -2.19. The Balaban J connectivity index is 1.46. The predicted octanol–water partition coefficient (Wildman–Crippen LogP) is 5.83. The highest BCUT2D eigenvalue weighted by Gasteiger charge is 2.17. The molecule has 0 fully saturated rings. The minimum Gasteiger partial charge on any atom is -0.502 e. The summed E-state index contributed by atoms with van der Waals surface area (Å²) >= 11 is 3.53. The van der Waals surface area contributed by atoms with Gasteiger partial charge >= 0.3 is 0 Å². The summed E-state index contributed by atoms with van der Waals surface area (Å²) in [5.41, 5.74) is 4.43. The van der Waals surface area contributed by atoms with Gasteiger partial charge < -0.3 is 19.6 Å². The van der Waals surface area contributed by atoms with E-state index < -0.39 is 0 Å². The third-order valence-corrected chi connectivity index (χ3v) is 6.30. The highest BCUT2D eigenvalue weighted by molar-refractivity contribution is 9.10. The number of fused-ring (bicyclic) bond motifs is 1. The number of carbonyl (C=O) groups is 1. The van der Waals surface area contributed by atoms with Crippen LogP contribution in [-0.4, -0.2) is 39.2 Å². The quantitative estimate of drug-likeness (QED) is 0.259. The molecule has 0 aliphatic heterocycles. The lowest BCUT2D eigenvalue weighted by Crippen LogP contribution is -2.37. The number of hydrogen-bond donors (Lipinski definition) is 2. The van der Waals surface area contributed by atoms with Crippen molar-refractivity contribution in [3.63, 3.8) is 0 Å². The lowest BCUT2D eigenvalue weighted by atomic mass is 10.0. The van der Waals surface area contributed by atoms with Crippen molar-refractivity contribution >= 4 is 33.2 Å². The van der Waals surface area contributed by atoms with Crippen molar-refractivity contribution in [2.24, 2.45) is 0 Å². The summed E-state index contributed by atoms with van der Waals surface area (Å²) < 4.78 is 8.55. The van der Waals surface area contributed by atoms with Crippen LogP contribution in [-0.2, 0) is 6.42 Å². The third kappa shape index (κ3) is 5.93. The zero-order valence-corrected chi connectivity index (χ0v) is 21.7. The first-order chi connectivity index (χ1) is 17.4. The van der Waals surface area contributed by atoms with Gasteiger partial charge in [0.15, 0.2) is 5.65 Å². The molecule has 0 bridgehead atoms. The van der Waals surface area contributed by atoms with Crippen molar-refractivity contribution < 1.29 is 14.6 Å². The third-order valence-electron chi connectivity index (χ3n) is 5.68. The maximum Gasteiger partial charge on any atom is 0.250 e. The summed E-state index contributed by atoms with van der Waals surface area (Å²) in [5, 5.41) is 12.6. The molecule has 4 rings (SSSR count). The summed E-state index contributed by atoms with van der Waals surface area (Å²) in [4.78, 5) is 21.1. The summed E-state index contributed by atoms with van der Waals surface area (Å²) in [5.74, 6) is 0.169. The van der Waals surface area contributed by atoms with Crippen molar-refractivity contribution in [3.8, 4) is 17.0 Å². The van der Waals surface area contributed by atoms with Crippen LogP contribution in [0.2, 0.25) is 0 Å². The number of rotatable bonds is 9. The number of imidazole rings is 1. The van der Waals surface area contributed by atoms with Crippen molar-refractivity contribution in [1.29, 1.82) is 0 Å². The van der Waals surface area contributed by atoms with Gasteiger partial charge in [-0.1, -0.05) is 24.3 Å². The maximum absolute atomic E-state index is 12.9. The summed E-state index contributed by atoms with van der Waals surface area (Å²) in [6, 6.07) is 16.6. The van der Waals surface area contributed by atoms with Crippen LogP contribution in [0.5, 0.6) is 5.75 Å². The van der Waals surface area contributed by atoms with Gasteiger partial charge in [0.2, 0.25) is 11.6 Å². The normalized spacial score (nSPS) is 11.9. The zero-order chi connectivity index (χ0) is 25.7. The Morgan fingerprint density at radius 1 is 1.22 bits per heavy atom. The van der Waals surface area contributed by atoms with Gasteiger partial charge in [-0.2, -0.15) is 0 Å². The van der Waals surface area contributed by atoms with E-state index in [-0.39, 0.29) is 24.7 Å². The van der Waals surface area contributed by atoms with Crippen LogP contribution < -0.4 is 10.1 Å². The Labute approximate surface area is 218 Å². The van der Waals surface area contributed by atoms with E-state index in [4.69, 9.17) is 16.3 Å². The zero-order valence-electron chi connectivity index (χ0n) is 20.1. The number of nitrogens with one attached hydrogen (secondary N) is 1. The molecular weight excluding hydrogens is 520 g/mol. The fourth-order valence-corrected chi connectivity index (χ4v) is 4.41. The fraction of sp³-hybridized carbons (Fsp3) is 0.250. The highest BCUT2D eigenvalue weighted by Crippen LogP contribution is 2.30. The number of ether oxygens (including phenoxy) is 1. The number of carbonyl (C=O) groups excluding carboxylic acids is 1. The van der Waals surface area contributed by atoms with Crippen LogP contribution in [0.1, 0.15) is 36.2 Å². The van der Waals surface area contributed by atoms with Gasteiger partial charge in [0.1, 0.15) is 5.75 Å². The SMILES string of the molecule is [C-]#[N+]c1cc(C(=O)N[C@H](CCO)Cc2ccc(-c3cn4cccc(Br)c4n3)cc2)ccc1OC(C)C. The first-order valence-corrected chi connectivity index (χ1v) is 12.5. The number of aliphatic hydroxyl groups excluding tert-OH is 1. The first kappa shape index (κ1) is 25.4. The van der Waals surface area contributed by atoms with Crippen LogP contribution in [0.15, 0.2) is 71.5 Å². The number of aromatic nitrogens is 2. The molecule has 8 heteroatoms. The van der Waals surface area contributed by atoms with E-state index in [0.717, 1.165) is 26.9 Å². The standard InChI is InChI=1S/C28H27BrN4O3/c1-18(2)36-26-11-10-21(16-24(26)30-3)28(35)31-22(12-14-34)15-19-6-8-20(9-7-19)25-17-33-13-4-5-23(29)27(33)32-25/h4-11,13,16-18,22,34H,12,14-15H2,1-2H3,(H,31,35)/t22-/m1/s1. The summed E-state index contributed by atoms with van der Waals surface area (Å²) in [6.45, 7) is 11.1. The molecule has 4 aromatic rings. The number of pyridine rings is 1. The van der Waals surface area contributed by atoms with Gasteiger partial charge in [-0.3, -0.25) is 4.79 Å². The second-order valence-corrected chi connectivity index (χ2v) is 9.61. The summed E-state index contributed by atoms with van der Waals surface area (Å²) in [6.07, 6.45) is 4.85. The van der Waals surface area contributed by atoms with E-state index in [1.807, 2.05) is 67.0 Å². The van der Waals surface area contributed by atoms with E-state index in [0.29, 0.717) is 29.8 Å². The largest absolute Gasteiger partial charge is 0.502 e. The van der Waals surface area contributed by atoms with E-state index >= 15 is 0 Å². The van der Waals surface area contributed by atoms with Gasteiger partial charge in [0, 0.05) is 36.2 Å². The second-order valence-electron chi connectivity index (χ2n) is 8.76. The smallest absolute Gasteiger partial charge is 0.250 e. The Morgan fingerprint density at radius 2 is 2.00 bits per heavy atom. The van der Waals surface area contributed by atoms with Gasteiger partial charge in [-0.15, -0.1) is 0 Å². The van der Waals surface area contributed by atoms with Crippen molar-refractivity contribution in [3.05, 3.63) is 94.0 Å². The first-order valence-electron chi connectivity index (χ1n) is 11.7. The van der Waals surface area contributed by atoms with Gasteiger partial charge in [0.25, 0.3) is 0 Å². The molecule has 1 atom stereocenters. The molecule has 0 unspecified atom stereocenters. The minimum atomic E-state index is -0.290. The molecule has 2 N–H and O–H groups in total. The number of benzene rings is 2. The van der Waals surface area contributed by atoms with E-state index in [9.17, 15) is 9.90 Å². The summed E-state index contributed by atoms with van der Waals surface area (Å²) in [7, 11) is 0. The van der Waals surface area contributed by atoms with E-state index in [1.54, 1.807) is 12.1 Å². The monoisotopic (exact) mass is 546 g/mol. The van der Waals surface area contributed by atoms with Crippen LogP contribution >= 0.6 is 15.9 Å². The predicted molar refractivity (Wildman–Crippen MR) is 143 cm³/mol. The molecule has 0 aliphatic carbocycles. The molecule has 0 saturated heterocycles. The van der Waals surface area contributed by atoms with Crippen molar-refractivity contribution in [2.75, 3.05) is 6.61 Å². The Bertz CT molecular complexity index is 1410. The van der Waals surface area contributed by atoms with Crippen molar-refractivity contribution in [2.45, 2.75) is 38.8 Å². The van der Waals surface area contributed by atoms with Crippen LogP contribution in [0.25, 0.3) is 21.7 Å². The number of hydrogen-bond acceptors (Lipinski definition) is 4. The molecule has 2 aromatic heterocycles. The van der Waals surface area contributed by atoms with E-state index in [1.165, 1.54) is 6.07 Å². The number of nitrogens with zero attached hydrogens (tertiary/aromatic N) is 3. The topological polar surface area (TPSA) is 80.2 Å². The molecule has 0 saturated carbocycles. The molecule has 36 heavy (non-hydrogen) atoms. The average molecular weight is 547 g/mol. The molecule has 2 aromatic carbocycles.